The molecule has 3 unspecified atom stereocenters. The van der Waals surface area contributed by atoms with E-state index in [1.165, 1.54) is 12.8 Å². The van der Waals surface area contributed by atoms with Gasteiger partial charge in [0.05, 0.1) is 10.0 Å². The Labute approximate surface area is 125 Å². The fourth-order valence-corrected chi connectivity index (χ4v) is 3.98. The van der Waals surface area contributed by atoms with Gasteiger partial charge in [0.15, 0.2) is 0 Å². The van der Waals surface area contributed by atoms with Crippen LogP contribution in [0.15, 0.2) is 23.4 Å². The van der Waals surface area contributed by atoms with E-state index >= 15 is 0 Å². The van der Waals surface area contributed by atoms with E-state index in [1.807, 2.05) is 12.1 Å². The maximum absolute atomic E-state index is 6.29. The maximum Gasteiger partial charge on any atom is 0.0964 e. The van der Waals surface area contributed by atoms with Gasteiger partial charge in [-0.2, -0.15) is 0 Å². The van der Waals surface area contributed by atoms with E-state index < -0.39 is 0 Å². The normalized spacial score (nSPS) is 28.4. The van der Waals surface area contributed by atoms with E-state index in [2.05, 4.69) is 25.8 Å². The third-order valence-electron chi connectivity index (χ3n) is 4.04. The first kappa shape index (κ1) is 15.1. The molecule has 1 aliphatic carbocycles. The third-order valence-corrected chi connectivity index (χ3v) is 5.59. The molecule has 3 atom stereocenters. The summed E-state index contributed by atoms with van der Waals surface area (Å²) in [6.07, 6.45) is 5.25. The van der Waals surface area contributed by atoms with Gasteiger partial charge in [0.2, 0.25) is 0 Å². The Morgan fingerprint density at radius 3 is 2.63 bits per heavy atom. The Morgan fingerprint density at radius 1 is 1.32 bits per heavy atom. The fraction of sp³-hybridized carbons (Fsp3) is 0.667. The number of halogens is 1. The van der Waals surface area contributed by atoms with Crippen LogP contribution in [-0.2, 0) is 0 Å². The van der Waals surface area contributed by atoms with E-state index in [0.717, 1.165) is 17.4 Å². The van der Waals surface area contributed by atoms with Crippen molar-refractivity contribution < 1.29 is 0 Å². The Kier molecular flexibility index (Phi) is 4.80. The molecular weight excluding hydrogens is 276 g/mol. The van der Waals surface area contributed by atoms with E-state index in [-0.39, 0.29) is 6.04 Å². The highest BCUT2D eigenvalue weighted by molar-refractivity contribution is 7.99. The molecule has 0 saturated heterocycles. The molecule has 2 rings (SSSR count). The lowest BCUT2D eigenvalue weighted by Crippen LogP contribution is -2.41. The second kappa shape index (κ2) is 6.02. The summed E-state index contributed by atoms with van der Waals surface area (Å²) in [5, 5.41) is 2.18. The van der Waals surface area contributed by atoms with Crippen LogP contribution in [0.5, 0.6) is 0 Å². The molecule has 0 aliphatic heterocycles. The van der Waals surface area contributed by atoms with E-state index in [4.69, 9.17) is 17.3 Å². The Bertz CT molecular complexity index is 413. The molecular formula is C15H23ClN2S. The van der Waals surface area contributed by atoms with Gasteiger partial charge >= 0.3 is 0 Å². The Hall–Kier alpha value is -0.250. The van der Waals surface area contributed by atoms with Gasteiger partial charge in [-0.3, -0.25) is 0 Å². The molecule has 1 saturated carbocycles. The first-order valence-corrected chi connectivity index (χ1v) is 8.16. The third kappa shape index (κ3) is 4.11. The molecule has 1 fully saturated rings. The Morgan fingerprint density at radius 2 is 2.05 bits per heavy atom. The first-order chi connectivity index (χ1) is 8.86. The molecule has 1 aliphatic rings. The molecule has 2 N–H and O–H groups in total. The second-order valence-corrected chi connectivity index (χ2v) is 8.21. The minimum atomic E-state index is 0.279. The molecule has 1 aromatic rings. The predicted octanol–water partition coefficient (Wildman–Crippen LogP) is 4.37. The van der Waals surface area contributed by atoms with Crippen LogP contribution in [0, 0.1) is 11.3 Å². The van der Waals surface area contributed by atoms with Crippen molar-refractivity contribution in [3.8, 4) is 0 Å². The summed E-state index contributed by atoms with van der Waals surface area (Å²) >= 11 is 7.68. The molecule has 1 heterocycles. The molecule has 0 spiro atoms. The lowest BCUT2D eigenvalue weighted by atomic mass is 9.71. The number of thioether (sulfide) groups is 1. The standard InChI is InChI=1S/C15H23ClN2S/c1-15(2,3)10-4-6-12(17)13(8-10)19-14-7-5-11(16)9-18-14/h5,7,9-10,12-13H,4,6,8,17H2,1-3H3. The first-order valence-electron chi connectivity index (χ1n) is 6.90. The molecule has 2 nitrogen and oxygen atoms in total. The molecule has 19 heavy (non-hydrogen) atoms. The zero-order valence-electron chi connectivity index (χ0n) is 11.9. The number of nitrogens with two attached hydrogens (primary N) is 1. The highest BCUT2D eigenvalue weighted by Gasteiger charge is 2.34. The number of nitrogens with zero attached hydrogens (tertiary/aromatic N) is 1. The van der Waals surface area contributed by atoms with E-state index in [9.17, 15) is 0 Å². The van der Waals surface area contributed by atoms with Crippen molar-refractivity contribution in [3.63, 3.8) is 0 Å². The lowest BCUT2D eigenvalue weighted by Gasteiger charge is -2.40. The van der Waals surface area contributed by atoms with Crippen molar-refractivity contribution in [2.45, 2.75) is 56.4 Å². The topological polar surface area (TPSA) is 38.9 Å². The van der Waals surface area contributed by atoms with Crippen molar-refractivity contribution in [1.29, 1.82) is 0 Å². The largest absolute Gasteiger partial charge is 0.327 e. The summed E-state index contributed by atoms with van der Waals surface area (Å²) < 4.78 is 0. The van der Waals surface area contributed by atoms with Gasteiger partial charge in [-0.25, -0.2) is 4.98 Å². The summed E-state index contributed by atoms with van der Waals surface area (Å²) in [4.78, 5) is 4.37. The summed E-state index contributed by atoms with van der Waals surface area (Å²) in [5.41, 5.74) is 6.65. The van der Waals surface area contributed by atoms with Crippen molar-refractivity contribution in [2.24, 2.45) is 17.1 Å². The molecule has 1 aromatic heterocycles. The zero-order valence-corrected chi connectivity index (χ0v) is 13.5. The van der Waals surface area contributed by atoms with E-state index in [1.54, 1.807) is 18.0 Å². The highest BCUT2D eigenvalue weighted by Crippen LogP contribution is 2.42. The quantitative estimate of drug-likeness (QED) is 0.881. The van der Waals surface area contributed by atoms with Crippen LogP contribution in [0.1, 0.15) is 40.0 Å². The van der Waals surface area contributed by atoms with Gasteiger partial charge < -0.3 is 5.73 Å². The minimum Gasteiger partial charge on any atom is -0.327 e. The summed E-state index contributed by atoms with van der Waals surface area (Å²) in [7, 11) is 0. The van der Waals surface area contributed by atoms with Crippen LogP contribution in [0.4, 0.5) is 0 Å². The molecule has 4 heteroatoms. The molecule has 0 radical (unpaired) electrons. The van der Waals surface area contributed by atoms with Gasteiger partial charge in [0, 0.05) is 17.5 Å². The highest BCUT2D eigenvalue weighted by atomic mass is 35.5. The van der Waals surface area contributed by atoms with Gasteiger partial charge in [-0.05, 0) is 42.7 Å². The number of aromatic nitrogens is 1. The van der Waals surface area contributed by atoms with E-state index in [0.29, 0.717) is 15.7 Å². The molecule has 106 valence electrons. The van der Waals surface area contributed by atoms with Crippen LogP contribution >= 0.6 is 23.4 Å². The molecule has 0 amide bonds. The van der Waals surface area contributed by atoms with Crippen LogP contribution in [-0.4, -0.2) is 16.3 Å². The van der Waals surface area contributed by atoms with Gasteiger partial charge in [0.1, 0.15) is 0 Å². The van der Waals surface area contributed by atoms with Crippen molar-refractivity contribution in [3.05, 3.63) is 23.4 Å². The summed E-state index contributed by atoms with van der Waals surface area (Å²) in [6, 6.07) is 4.16. The number of hydrogen-bond donors (Lipinski definition) is 1. The summed E-state index contributed by atoms with van der Waals surface area (Å²) in [5.74, 6) is 0.747. The number of hydrogen-bond acceptors (Lipinski definition) is 3. The predicted molar refractivity (Wildman–Crippen MR) is 83.7 cm³/mol. The molecule has 0 aromatic carbocycles. The van der Waals surface area contributed by atoms with Crippen molar-refractivity contribution in [1.82, 2.24) is 4.98 Å². The fourth-order valence-electron chi connectivity index (χ4n) is 2.66. The SMILES string of the molecule is CC(C)(C)C1CCC(N)C(Sc2ccc(Cl)cn2)C1. The van der Waals surface area contributed by atoms with Crippen LogP contribution < -0.4 is 5.73 Å². The number of rotatable bonds is 2. The molecule has 0 bridgehead atoms. The van der Waals surface area contributed by atoms with Crippen LogP contribution in [0.25, 0.3) is 0 Å². The maximum atomic E-state index is 6.29. The lowest BCUT2D eigenvalue weighted by molar-refractivity contribution is 0.174. The summed E-state index contributed by atoms with van der Waals surface area (Å²) in [6.45, 7) is 6.99. The van der Waals surface area contributed by atoms with Crippen LogP contribution in [0.3, 0.4) is 0 Å². The monoisotopic (exact) mass is 298 g/mol. The zero-order chi connectivity index (χ0) is 14.0. The Balaban J connectivity index is 2.03. The van der Waals surface area contributed by atoms with Crippen molar-refractivity contribution in [2.75, 3.05) is 0 Å². The average Bonchev–Trinajstić information content (AvgIpc) is 2.33. The average molecular weight is 299 g/mol. The minimum absolute atomic E-state index is 0.279. The smallest absolute Gasteiger partial charge is 0.0964 e. The van der Waals surface area contributed by atoms with Crippen molar-refractivity contribution >= 4 is 23.4 Å². The van der Waals surface area contributed by atoms with Gasteiger partial charge in [-0.1, -0.05) is 32.4 Å². The second-order valence-electron chi connectivity index (χ2n) is 6.51. The van der Waals surface area contributed by atoms with Crippen LogP contribution in [0.2, 0.25) is 5.02 Å². The van der Waals surface area contributed by atoms with Gasteiger partial charge in [-0.15, -0.1) is 11.8 Å². The number of pyridine rings is 1. The van der Waals surface area contributed by atoms with Gasteiger partial charge in [0.25, 0.3) is 0 Å².